The standard InChI is InChI=1S/C22H26BrN5O/c1-4-10-28(3)11-9-24-21-8-6-17(13-26-21)27-22-18-12-16(23)5-7-20(18)25-14-19(22)15(2)29/h5-8,12-14H,4,9-11H2,1-3H3,(H,24,26)(H,25,27). The lowest BCUT2D eigenvalue weighted by atomic mass is 10.1. The molecule has 0 unspecified atom stereocenters. The number of nitrogens with one attached hydrogen (secondary N) is 2. The van der Waals surface area contributed by atoms with E-state index in [9.17, 15) is 4.79 Å². The van der Waals surface area contributed by atoms with Crippen molar-refractivity contribution in [3.05, 3.63) is 52.8 Å². The average Bonchev–Trinajstić information content (AvgIpc) is 2.69. The molecule has 0 aliphatic rings. The van der Waals surface area contributed by atoms with Crippen LogP contribution in [0.5, 0.6) is 0 Å². The summed E-state index contributed by atoms with van der Waals surface area (Å²) in [6.07, 6.45) is 4.54. The van der Waals surface area contributed by atoms with Gasteiger partial charge in [-0.2, -0.15) is 0 Å². The summed E-state index contributed by atoms with van der Waals surface area (Å²) in [6, 6.07) is 9.73. The zero-order valence-corrected chi connectivity index (χ0v) is 18.6. The van der Waals surface area contributed by atoms with Crippen molar-refractivity contribution in [3.63, 3.8) is 0 Å². The Labute approximate surface area is 179 Å². The number of aromatic nitrogens is 2. The average molecular weight is 456 g/mol. The maximum absolute atomic E-state index is 12.1. The van der Waals surface area contributed by atoms with E-state index in [1.165, 1.54) is 0 Å². The monoisotopic (exact) mass is 455 g/mol. The van der Waals surface area contributed by atoms with Gasteiger partial charge in [0, 0.05) is 29.1 Å². The fourth-order valence-electron chi connectivity index (χ4n) is 3.15. The number of hydrogen-bond donors (Lipinski definition) is 2. The number of anilines is 3. The second-order valence-corrected chi connectivity index (χ2v) is 7.97. The molecule has 6 nitrogen and oxygen atoms in total. The van der Waals surface area contributed by atoms with E-state index < -0.39 is 0 Å². The van der Waals surface area contributed by atoms with Gasteiger partial charge in [0.05, 0.1) is 28.7 Å². The van der Waals surface area contributed by atoms with Crippen molar-refractivity contribution < 1.29 is 4.79 Å². The fraction of sp³-hybridized carbons (Fsp3) is 0.318. The lowest BCUT2D eigenvalue weighted by Gasteiger charge is -2.16. The first-order valence-electron chi connectivity index (χ1n) is 9.72. The van der Waals surface area contributed by atoms with Gasteiger partial charge in [0.15, 0.2) is 5.78 Å². The molecule has 0 bridgehead atoms. The highest BCUT2D eigenvalue weighted by Gasteiger charge is 2.13. The normalized spacial score (nSPS) is 11.1. The largest absolute Gasteiger partial charge is 0.369 e. The molecule has 0 amide bonds. The predicted molar refractivity (Wildman–Crippen MR) is 123 cm³/mol. The van der Waals surface area contributed by atoms with E-state index in [0.29, 0.717) is 5.56 Å². The van der Waals surface area contributed by atoms with Gasteiger partial charge >= 0.3 is 0 Å². The van der Waals surface area contributed by atoms with Gasteiger partial charge in [-0.1, -0.05) is 22.9 Å². The zero-order valence-electron chi connectivity index (χ0n) is 17.0. The first-order chi connectivity index (χ1) is 14.0. The Bertz CT molecular complexity index is 990. The van der Waals surface area contributed by atoms with E-state index >= 15 is 0 Å². The van der Waals surface area contributed by atoms with Crippen LogP contribution in [0.15, 0.2) is 47.2 Å². The Balaban J connectivity index is 1.77. The van der Waals surface area contributed by atoms with Gasteiger partial charge in [0.25, 0.3) is 0 Å². The quantitative estimate of drug-likeness (QED) is 0.437. The number of ketones is 1. The van der Waals surface area contributed by atoms with Crippen molar-refractivity contribution in [3.8, 4) is 0 Å². The highest BCUT2D eigenvalue weighted by atomic mass is 79.9. The van der Waals surface area contributed by atoms with Gasteiger partial charge in [-0.25, -0.2) is 4.98 Å². The molecule has 1 aromatic carbocycles. The van der Waals surface area contributed by atoms with E-state index in [1.54, 1.807) is 19.3 Å². The summed E-state index contributed by atoms with van der Waals surface area (Å²) < 4.78 is 0.932. The molecular weight excluding hydrogens is 430 g/mol. The summed E-state index contributed by atoms with van der Waals surface area (Å²) in [7, 11) is 2.12. The molecule has 2 aromatic heterocycles. The van der Waals surface area contributed by atoms with Crippen LogP contribution in [0.4, 0.5) is 17.2 Å². The molecule has 2 heterocycles. The molecule has 0 fully saturated rings. The summed E-state index contributed by atoms with van der Waals surface area (Å²) >= 11 is 3.50. The number of Topliss-reactive ketones (excluding diaryl/α,β-unsaturated/α-hetero) is 1. The van der Waals surface area contributed by atoms with E-state index in [2.05, 4.69) is 55.4 Å². The Hall–Kier alpha value is -2.51. The lowest BCUT2D eigenvalue weighted by molar-refractivity contribution is 0.101. The third-order valence-corrected chi connectivity index (χ3v) is 5.14. The van der Waals surface area contributed by atoms with Crippen LogP contribution in [-0.4, -0.2) is 47.3 Å². The molecule has 0 aliphatic heterocycles. The third-order valence-electron chi connectivity index (χ3n) is 4.65. The molecule has 0 spiro atoms. The highest BCUT2D eigenvalue weighted by Crippen LogP contribution is 2.31. The van der Waals surface area contributed by atoms with Crippen molar-refractivity contribution in [1.29, 1.82) is 0 Å². The Morgan fingerprint density at radius 2 is 1.97 bits per heavy atom. The van der Waals surface area contributed by atoms with E-state index in [4.69, 9.17) is 0 Å². The van der Waals surface area contributed by atoms with Crippen molar-refractivity contribution in [2.75, 3.05) is 37.3 Å². The van der Waals surface area contributed by atoms with Crippen LogP contribution < -0.4 is 10.6 Å². The number of nitrogens with zero attached hydrogens (tertiary/aromatic N) is 3. The van der Waals surface area contributed by atoms with Crippen molar-refractivity contribution in [2.45, 2.75) is 20.3 Å². The molecule has 7 heteroatoms. The van der Waals surface area contributed by atoms with Gasteiger partial charge in [-0.3, -0.25) is 9.78 Å². The molecule has 3 rings (SSSR count). The molecule has 0 atom stereocenters. The number of benzene rings is 1. The minimum absolute atomic E-state index is 0.0377. The number of halogens is 1. The number of likely N-dealkylation sites (N-methyl/N-ethyl adjacent to an activating group) is 1. The molecule has 0 aliphatic carbocycles. The molecule has 0 radical (unpaired) electrons. The van der Waals surface area contributed by atoms with Crippen LogP contribution in [0.3, 0.4) is 0 Å². The van der Waals surface area contributed by atoms with Gasteiger partial charge < -0.3 is 15.5 Å². The predicted octanol–water partition coefficient (Wildman–Crippen LogP) is 5.09. The van der Waals surface area contributed by atoms with Crippen LogP contribution in [0, 0.1) is 0 Å². The van der Waals surface area contributed by atoms with Crippen LogP contribution >= 0.6 is 15.9 Å². The molecule has 2 N–H and O–H groups in total. The second kappa shape index (κ2) is 9.80. The summed E-state index contributed by atoms with van der Waals surface area (Å²) in [6.45, 7) is 6.63. The van der Waals surface area contributed by atoms with Crippen LogP contribution in [0.25, 0.3) is 10.9 Å². The van der Waals surface area contributed by atoms with Crippen LogP contribution in [0.2, 0.25) is 0 Å². The molecule has 29 heavy (non-hydrogen) atoms. The number of rotatable bonds is 9. The molecule has 3 aromatic rings. The molecular formula is C22H26BrN5O. The Morgan fingerprint density at radius 3 is 2.66 bits per heavy atom. The minimum atomic E-state index is -0.0377. The number of carbonyl (C=O) groups excluding carboxylic acids is 1. The fourth-order valence-corrected chi connectivity index (χ4v) is 3.51. The van der Waals surface area contributed by atoms with E-state index in [-0.39, 0.29) is 5.78 Å². The number of pyridine rings is 2. The summed E-state index contributed by atoms with van der Waals surface area (Å²) in [4.78, 5) is 23.3. The van der Waals surface area contributed by atoms with Crippen molar-refractivity contribution in [2.24, 2.45) is 0 Å². The first kappa shape index (κ1) is 21.2. The number of hydrogen-bond acceptors (Lipinski definition) is 6. The SMILES string of the molecule is CCCN(C)CCNc1ccc(Nc2c(C(C)=O)cnc3ccc(Br)cc23)cn1. The van der Waals surface area contributed by atoms with E-state index in [0.717, 1.165) is 58.6 Å². The van der Waals surface area contributed by atoms with E-state index in [1.807, 2.05) is 30.3 Å². The zero-order chi connectivity index (χ0) is 20.8. The highest BCUT2D eigenvalue weighted by molar-refractivity contribution is 9.10. The molecule has 0 saturated carbocycles. The number of fused-ring (bicyclic) bond motifs is 1. The van der Waals surface area contributed by atoms with Crippen molar-refractivity contribution >= 4 is 49.8 Å². The maximum atomic E-state index is 12.1. The summed E-state index contributed by atoms with van der Waals surface area (Å²) in [5.74, 6) is 0.791. The van der Waals surface area contributed by atoms with Gasteiger partial charge in [0.1, 0.15) is 5.82 Å². The molecule has 152 valence electrons. The van der Waals surface area contributed by atoms with Gasteiger partial charge in [-0.05, 0) is 57.3 Å². The lowest BCUT2D eigenvalue weighted by Crippen LogP contribution is -2.25. The van der Waals surface area contributed by atoms with Gasteiger partial charge in [0.2, 0.25) is 0 Å². The Kier molecular flexibility index (Phi) is 7.17. The summed E-state index contributed by atoms with van der Waals surface area (Å²) in [5, 5.41) is 7.59. The van der Waals surface area contributed by atoms with Gasteiger partial charge in [-0.15, -0.1) is 0 Å². The number of carbonyl (C=O) groups is 1. The topological polar surface area (TPSA) is 70.2 Å². The smallest absolute Gasteiger partial charge is 0.163 e. The first-order valence-corrected chi connectivity index (χ1v) is 10.5. The summed E-state index contributed by atoms with van der Waals surface area (Å²) in [5.41, 5.74) is 2.93. The third kappa shape index (κ3) is 5.52. The van der Waals surface area contributed by atoms with Crippen molar-refractivity contribution in [1.82, 2.24) is 14.9 Å². The minimum Gasteiger partial charge on any atom is -0.369 e. The van der Waals surface area contributed by atoms with Crippen LogP contribution in [-0.2, 0) is 0 Å². The van der Waals surface area contributed by atoms with Crippen LogP contribution in [0.1, 0.15) is 30.6 Å². The maximum Gasteiger partial charge on any atom is 0.163 e. The molecule has 0 saturated heterocycles. The Morgan fingerprint density at radius 1 is 1.14 bits per heavy atom. The second-order valence-electron chi connectivity index (χ2n) is 7.05.